The molecule has 0 unspecified atom stereocenters. The number of aryl methyl sites for hydroxylation is 1. The fraction of sp³-hybridized carbons (Fsp3) is 0.280. The van der Waals surface area contributed by atoms with Crippen molar-refractivity contribution in [3.8, 4) is 17.2 Å². The number of nitrogens with one attached hydrogen (secondary N) is 2. The molecule has 0 spiro atoms. The van der Waals surface area contributed by atoms with Gasteiger partial charge in [-0.1, -0.05) is 53.9 Å². The zero-order chi connectivity index (χ0) is 27.8. The second kappa shape index (κ2) is 13.4. The molecule has 2 amide bonds. The Bertz CT molecular complexity index is 1460. The Morgan fingerprint density at radius 1 is 1.00 bits per heavy atom. The highest BCUT2D eigenvalue weighted by atomic mass is 32.2. The number of carbonyl (C=O) groups excluding carboxylic acids is 2. The van der Waals surface area contributed by atoms with Crippen LogP contribution in [0.1, 0.15) is 28.7 Å². The normalized spacial score (nSPS) is 10.8. The summed E-state index contributed by atoms with van der Waals surface area (Å²) in [6.45, 7) is 4.13. The Hall–Kier alpha value is -3.62. The van der Waals surface area contributed by atoms with E-state index in [0.717, 1.165) is 21.3 Å². The minimum Gasteiger partial charge on any atom is -0.493 e. The summed E-state index contributed by atoms with van der Waals surface area (Å²) in [6, 6.07) is 12.8. The van der Waals surface area contributed by atoms with Crippen molar-refractivity contribution in [2.75, 3.05) is 31.0 Å². The van der Waals surface area contributed by atoms with E-state index in [-0.39, 0.29) is 24.1 Å². The third-order valence-corrected chi connectivity index (χ3v) is 8.05. The quantitative estimate of drug-likeness (QED) is 0.184. The molecule has 0 bridgehead atoms. The van der Waals surface area contributed by atoms with Gasteiger partial charge in [0, 0.05) is 11.3 Å². The van der Waals surface area contributed by atoms with E-state index in [2.05, 4.69) is 31.0 Å². The van der Waals surface area contributed by atoms with Crippen LogP contribution in [0.3, 0.4) is 0 Å². The highest BCUT2D eigenvalue weighted by molar-refractivity contribution is 8.01. The van der Waals surface area contributed by atoms with E-state index < -0.39 is 0 Å². The highest BCUT2D eigenvalue weighted by Crippen LogP contribution is 2.28. The van der Waals surface area contributed by atoms with Crippen molar-refractivity contribution in [2.24, 2.45) is 0 Å². The summed E-state index contributed by atoms with van der Waals surface area (Å²) in [4.78, 5) is 25.5. The minimum absolute atomic E-state index is 0.0950. The van der Waals surface area contributed by atoms with Crippen LogP contribution in [0.5, 0.6) is 11.5 Å². The molecule has 0 saturated heterocycles. The zero-order valence-electron chi connectivity index (χ0n) is 21.8. The number of aromatic nitrogens is 5. The zero-order valence-corrected chi connectivity index (χ0v) is 24.2. The molecule has 4 rings (SSSR count). The number of amides is 2. The number of nitrogens with zero attached hydrogens (tertiary/aromatic N) is 5. The van der Waals surface area contributed by atoms with E-state index in [9.17, 15) is 9.59 Å². The van der Waals surface area contributed by atoms with Crippen molar-refractivity contribution in [3.63, 3.8) is 0 Å². The molecular weight excluding hydrogens is 559 g/mol. The molecule has 4 aromatic rings. The number of ether oxygens (including phenoxy) is 2. The van der Waals surface area contributed by atoms with Crippen molar-refractivity contribution >= 4 is 51.8 Å². The Labute approximate surface area is 238 Å². The molecule has 204 valence electrons. The number of anilines is 1. The van der Waals surface area contributed by atoms with E-state index in [0.29, 0.717) is 33.2 Å². The number of benzene rings is 2. The van der Waals surface area contributed by atoms with Crippen LogP contribution in [0.25, 0.3) is 5.69 Å². The molecule has 2 N–H and O–H groups in total. The lowest BCUT2D eigenvalue weighted by molar-refractivity contribution is -0.113. The third-order valence-electron chi connectivity index (χ3n) is 5.27. The van der Waals surface area contributed by atoms with Crippen LogP contribution < -0.4 is 20.1 Å². The van der Waals surface area contributed by atoms with Crippen LogP contribution in [0.2, 0.25) is 0 Å². The first kappa shape index (κ1) is 28.4. The average Bonchev–Trinajstić information content (AvgIpc) is 3.56. The van der Waals surface area contributed by atoms with Gasteiger partial charge in [0.2, 0.25) is 11.0 Å². The van der Waals surface area contributed by atoms with Crippen molar-refractivity contribution in [1.82, 2.24) is 30.3 Å². The van der Waals surface area contributed by atoms with Crippen LogP contribution in [-0.4, -0.2) is 62.5 Å². The maximum atomic E-state index is 12.9. The number of carbonyl (C=O) groups is 2. The monoisotopic (exact) mass is 585 g/mol. The Balaban J connectivity index is 1.48. The number of rotatable bonds is 12. The van der Waals surface area contributed by atoms with Gasteiger partial charge in [-0.15, -0.1) is 20.4 Å². The van der Waals surface area contributed by atoms with Gasteiger partial charge in [0.1, 0.15) is 0 Å². The van der Waals surface area contributed by atoms with Crippen molar-refractivity contribution in [3.05, 3.63) is 59.4 Å². The first-order valence-corrected chi connectivity index (χ1v) is 14.6. The van der Waals surface area contributed by atoms with E-state index in [4.69, 9.17) is 9.47 Å². The molecule has 0 aliphatic heterocycles. The first-order chi connectivity index (χ1) is 18.9. The van der Waals surface area contributed by atoms with Crippen LogP contribution >= 0.6 is 34.9 Å². The average molecular weight is 586 g/mol. The molecule has 2 aromatic heterocycles. The summed E-state index contributed by atoms with van der Waals surface area (Å²) in [5.41, 5.74) is 2.29. The summed E-state index contributed by atoms with van der Waals surface area (Å²) in [6.07, 6.45) is 0. The SMILES string of the molecule is CCSc1nnc(NC(=O)CSc2nnc(CNC(=O)c3ccc(OC)c(OC)c3)n2-c2cccc(C)c2)s1. The maximum absolute atomic E-state index is 12.9. The third kappa shape index (κ3) is 7.28. The first-order valence-electron chi connectivity index (χ1n) is 11.8. The van der Waals surface area contributed by atoms with Gasteiger partial charge in [-0.2, -0.15) is 0 Å². The molecule has 11 nitrogen and oxygen atoms in total. The summed E-state index contributed by atoms with van der Waals surface area (Å²) < 4.78 is 13.2. The molecule has 0 aliphatic carbocycles. The van der Waals surface area contributed by atoms with Gasteiger partial charge in [-0.3, -0.25) is 19.5 Å². The Morgan fingerprint density at radius 3 is 2.56 bits per heavy atom. The van der Waals surface area contributed by atoms with Crippen LogP contribution in [0.15, 0.2) is 52.0 Å². The Kier molecular flexibility index (Phi) is 9.79. The minimum atomic E-state index is -0.305. The smallest absolute Gasteiger partial charge is 0.251 e. The van der Waals surface area contributed by atoms with Crippen molar-refractivity contribution in [1.29, 1.82) is 0 Å². The number of methoxy groups -OCH3 is 2. The predicted octanol–water partition coefficient (Wildman–Crippen LogP) is 4.22. The summed E-state index contributed by atoms with van der Waals surface area (Å²) >= 11 is 4.14. The Morgan fingerprint density at radius 2 is 1.82 bits per heavy atom. The number of hydrogen-bond acceptors (Lipinski definition) is 11. The second-order valence-corrected chi connectivity index (χ2v) is 11.4. The fourth-order valence-corrected chi connectivity index (χ4v) is 5.94. The highest BCUT2D eigenvalue weighted by Gasteiger charge is 2.18. The van der Waals surface area contributed by atoms with Gasteiger partial charge in [-0.25, -0.2) is 0 Å². The summed E-state index contributed by atoms with van der Waals surface area (Å²) in [7, 11) is 3.05. The largest absolute Gasteiger partial charge is 0.493 e. The van der Waals surface area contributed by atoms with E-state index >= 15 is 0 Å². The van der Waals surface area contributed by atoms with E-state index in [1.54, 1.807) is 30.0 Å². The number of thioether (sulfide) groups is 2. The van der Waals surface area contributed by atoms with Crippen molar-refractivity contribution < 1.29 is 19.1 Å². The fourth-order valence-electron chi connectivity index (χ4n) is 3.50. The van der Waals surface area contributed by atoms with E-state index in [1.807, 2.05) is 42.7 Å². The lowest BCUT2D eigenvalue weighted by Crippen LogP contribution is -2.24. The van der Waals surface area contributed by atoms with Gasteiger partial charge < -0.3 is 14.8 Å². The predicted molar refractivity (Wildman–Crippen MR) is 152 cm³/mol. The molecule has 0 aliphatic rings. The lowest BCUT2D eigenvalue weighted by atomic mass is 10.2. The van der Waals surface area contributed by atoms with Gasteiger partial charge in [-0.05, 0) is 48.6 Å². The molecule has 14 heteroatoms. The topological polar surface area (TPSA) is 133 Å². The van der Waals surface area contributed by atoms with Crippen LogP contribution in [-0.2, 0) is 11.3 Å². The van der Waals surface area contributed by atoms with E-state index in [1.165, 1.54) is 37.3 Å². The molecule has 0 fully saturated rings. The maximum Gasteiger partial charge on any atom is 0.251 e. The molecule has 39 heavy (non-hydrogen) atoms. The summed E-state index contributed by atoms with van der Waals surface area (Å²) in [5.74, 6) is 1.95. The second-order valence-electron chi connectivity index (χ2n) is 7.97. The number of hydrogen-bond donors (Lipinski definition) is 2. The standard InChI is InChI=1S/C25H27N7O4S3/c1-5-37-25-31-29-23(39-25)27-21(33)14-38-24-30-28-20(32(24)17-8-6-7-15(2)11-17)13-26-22(34)16-9-10-18(35-3)19(12-16)36-4/h6-12H,5,13-14H2,1-4H3,(H,26,34)(H,27,29,33). The van der Waals surface area contributed by atoms with Crippen LogP contribution in [0, 0.1) is 6.92 Å². The molecule has 2 aromatic carbocycles. The van der Waals surface area contributed by atoms with Gasteiger partial charge >= 0.3 is 0 Å². The van der Waals surface area contributed by atoms with Gasteiger partial charge in [0.15, 0.2) is 26.8 Å². The molecule has 0 radical (unpaired) electrons. The van der Waals surface area contributed by atoms with Crippen LogP contribution in [0.4, 0.5) is 5.13 Å². The lowest BCUT2D eigenvalue weighted by Gasteiger charge is -2.12. The molecule has 0 saturated carbocycles. The molecule has 0 atom stereocenters. The summed E-state index contributed by atoms with van der Waals surface area (Å²) in [5, 5.41) is 23.3. The van der Waals surface area contributed by atoms with Crippen molar-refractivity contribution in [2.45, 2.75) is 29.9 Å². The van der Waals surface area contributed by atoms with Gasteiger partial charge in [0.25, 0.3) is 5.91 Å². The molecular formula is C25H27N7O4S3. The molecule has 2 heterocycles. The van der Waals surface area contributed by atoms with Gasteiger partial charge in [0.05, 0.1) is 26.5 Å².